The first-order valence-corrected chi connectivity index (χ1v) is 19.2. The van der Waals surface area contributed by atoms with Crippen LogP contribution in [0.1, 0.15) is 37.7 Å². The van der Waals surface area contributed by atoms with E-state index in [4.69, 9.17) is 29.9 Å². The van der Waals surface area contributed by atoms with Crippen LogP contribution in [0.5, 0.6) is 0 Å². The van der Waals surface area contributed by atoms with Gasteiger partial charge >= 0.3 is 0 Å². The van der Waals surface area contributed by atoms with Crippen molar-refractivity contribution < 1.29 is 0 Å². The molecule has 6 heteroatoms. The molecule has 8 aromatic rings. The monoisotopic (exact) mass is 710 g/mol. The zero-order valence-corrected chi connectivity index (χ0v) is 30.4. The van der Waals surface area contributed by atoms with E-state index >= 15 is 0 Å². The Bertz CT molecular complexity index is 2620. The summed E-state index contributed by atoms with van der Waals surface area (Å²) in [5.74, 6) is 4.56. The summed E-state index contributed by atoms with van der Waals surface area (Å²) >= 11 is 0. The summed E-state index contributed by atoms with van der Waals surface area (Å²) in [6, 6.07) is 56.0. The van der Waals surface area contributed by atoms with Crippen LogP contribution in [-0.4, -0.2) is 29.9 Å². The van der Waals surface area contributed by atoms with E-state index in [1.54, 1.807) is 0 Å². The minimum absolute atomic E-state index is 0.349. The molecule has 6 aromatic carbocycles. The van der Waals surface area contributed by atoms with Gasteiger partial charge in [0, 0.05) is 33.4 Å². The molecule has 0 N–H and O–H groups in total. The van der Waals surface area contributed by atoms with Gasteiger partial charge in [0.15, 0.2) is 34.9 Å². The molecule has 6 nitrogen and oxygen atoms in total. The van der Waals surface area contributed by atoms with Crippen molar-refractivity contribution in [3.05, 3.63) is 169 Å². The molecule has 2 saturated carbocycles. The van der Waals surface area contributed by atoms with Crippen LogP contribution in [0.2, 0.25) is 0 Å². The maximum absolute atomic E-state index is 5.13. The molecule has 0 radical (unpaired) electrons. The van der Waals surface area contributed by atoms with Gasteiger partial charge in [-0.2, -0.15) is 0 Å². The van der Waals surface area contributed by atoms with Gasteiger partial charge in [-0.1, -0.05) is 158 Å². The number of rotatable bonds is 8. The largest absolute Gasteiger partial charge is 0.208 e. The summed E-state index contributed by atoms with van der Waals surface area (Å²) in [5.41, 5.74) is 9.43. The number of nitrogens with zero attached hydrogens (tertiary/aromatic N) is 6. The number of aromatic nitrogens is 6. The van der Waals surface area contributed by atoms with E-state index in [-0.39, 0.29) is 0 Å². The zero-order valence-electron chi connectivity index (χ0n) is 30.4. The van der Waals surface area contributed by atoms with E-state index in [9.17, 15) is 0 Å². The predicted octanol–water partition coefficient (Wildman–Crippen LogP) is 11.6. The van der Waals surface area contributed by atoms with Gasteiger partial charge in [0.2, 0.25) is 0 Å². The Morgan fingerprint density at radius 3 is 1.24 bits per heavy atom. The third kappa shape index (κ3) is 6.40. The number of hydrogen-bond acceptors (Lipinski definition) is 6. The molecule has 2 bridgehead atoms. The second kappa shape index (κ2) is 14.0. The van der Waals surface area contributed by atoms with Gasteiger partial charge in [0.25, 0.3) is 0 Å². The number of fused-ring (bicyclic) bond motifs is 2. The molecule has 2 aliphatic carbocycles. The molecular formula is C49H38N6. The second-order valence-corrected chi connectivity index (χ2v) is 14.8. The first kappa shape index (κ1) is 32.9. The van der Waals surface area contributed by atoms with Crippen molar-refractivity contribution in [1.29, 1.82) is 0 Å². The highest BCUT2D eigenvalue weighted by Crippen LogP contribution is 2.55. The average molecular weight is 711 g/mol. The fourth-order valence-electron chi connectivity index (χ4n) is 8.61. The van der Waals surface area contributed by atoms with Crippen LogP contribution >= 0.6 is 0 Å². The van der Waals surface area contributed by atoms with Crippen LogP contribution in [0.4, 0.5) is 0 Å². The molecule has 0 unspecified atom stereocenters. The summed E-state index contributed by atoms with van der Waals surface area (Å²) in [4.78, 5) is 30.4. The Kier molecular flexibility index (Phi) is 8.36. The smallest absolute Gasteiger partial charge is 0.164 e. The van der Waals surface area contributed by atoms with E-state index in [0.717, 1.165) is 50.4 Å². The molecule has 2 fully saturated rings. The van der Waals surface area contributed by atoms with Crippen molar-refractivity contribution in [2.24, 2.45) is 5.92 Å². The van der Waals surface area contributed by atoms with E-state index in [1.165, 1.54) is 37.7 Å². The Morgan fingerprint density at radius 2 is 0.745 bits per heavy atom. The van der Waals surface area contributed by atoms with Crippen LogP contribution in [-0.2, 0) is 5.41 Å². The molecule has 2 aromatic heterocycles. The minimum atomic E-state index is 0.349. The van der Waals surface area contributed by atoms with Crippen LogP contribution in [0.15, 0.2) is 164 Å². The van der Waals surface area contributed by atoms with Crippen molar-refractivity contribution >= 4 is 0 Å². The van der Waals surface area contributed by atoms with Gasteiger partial charge < -0.3 is 0 Å². The van der Waals surface area contributed by atoms with Gasteiger partial charge in [-0.3, -0.25) is 0 Å². The van der Waals surface area contributed by atoms with Crippen LogP contribution in [0, 0.1) is 5.92 Å². The Morgan fingerprint density at radius 1 is 0.345 bits per heavy atom. The van der Waals surface area contributed by atoms with Gasteiger partial charge in [-0.15, -0.1) is 0 Å². The highest BCUT2D eigenvalue weighted by molar-refractivity contribution is 5.82. The lowest BCUT2D eigenvalue weighted by Gasteiger charge is -2.27. The summed E-state index contributed by atoms with van der Waals surface area (Å²) in [6.45, 7) is 0. The van der Waals surface area contributed by atoms with Crippen LogP contribution in [0.25, 0.3) is 79.5 Å². The lowest BCUT2D eigenvalue weighted by atomic mass is 9.77. The summed E-state index contributed by atoms with van der Waals surface area (Å²) < 4.78 is 0. The Labute approximate surface area is 321 Å². The van der Waals surface area contributed by atoms with Crippen molar-refractivity contribution in [2.75, 3.05) is 0 Å². The maximum Gasteiger partial charge on any atom is 0.164 e. The van der Waals surface area contributed by atoms with Gasteiger partial charge in [0.1, 0.15) is 0 Å². The first-order chi connectivity index (χ1) is 27.2. The topological polar surface area (TPSA) is 77.3 Å². The van der Waals surface area contributed by atoms with Gasteiger partial charge in [-0.25, -0.2) is 29.9 Å². The molecule has 55 heavy (non-hydrogen) atoms. The molecule has 2 aliphatic rings. The molecular weight excluding hydrogens is 673 g/mol. The molecule has 10 rings (SSSR count). The van der Waals surface area contributed by atoms with E-state index in [0.29, 0.717) is 40.4 Å². The molecule has 2 heterocycles. The fraction of sp³-hybridized carbons (Fsp3) is 0.143. The molecule has 0 saturated heterocycles. The molecule has 264 valence electrons. The Hall–Kier alpha value is -6.66. The maximum atomic E-state index is 5.13. The van der Waals surface area contributed by atoms with Crippen molar-refractivity contribution in [2.45, 2.75) is 37.5 Å². The summed E-state index contributed by atoms with van der Waals surface area (Å²) in [5, 5.41) is 0. The minimum Gasteiger partial charge on any atom is -0.208 e. The third-order valence-electron chi connectivity index (χ3n) is 11.5. The normalized spacial score (nSPS) is 17.3. The Balaban J connectivity index is 1.08. The van der Waals surface area contributed by atoms with Crippen molar-refractivity contribution in [1.82, 2.24) is 29.9 Å². The highest BCUT2D eigenvalue weighted by atomic mass is 15.0. The van der Waals surface area contributed by atoms with Crippen molar-refractivity contribution in [3.8, 4) is 79.5 Å². The summed E-state index contributed by atoms with van der Waals surface area (Å²) in [6.07, 6.45) is 6.65. The SMILES string of the molecule is c1ccc(-c2nc(-c3ccc(C45CCC(CC4)C5)cc3)nc(-c3cccc(-c4nc(-c5ccccc5)nc(-c5ccccc5-c5ccccc5)n4)c3)n2)cc1. The zero-order chi connectivity index (χ0) is 36.6. The number of hydrogen-bond donors (Lipinski definition) is 0. The molecule has 0 amide bonds. The highest BCUT2D eigenvalue weighted by Gasteiger charge is 2.45. The molecule has 0 spiro atoms. The second-order valence-electron chi connectivity index (χ2n) is 14.8. The standard InChI is InChI=1S/C49H38N6/c1-4-13-34(14-5-1)41-21-10-11-22-42(41)48-54-44(36-17-8-3-9-18-36)52-47(55-48)39-20-12-19-38(31-39)46-51-43(35-15-6-2-7-16-35)50-45(53-46)37-23-25-40(26-24-37)49-29-27-33(32-49)28-30-49/h1-26,31,33H,27-30,32H2. The van der Waals surface area contributed by atoms with Crippen LogP contribution in [0.3, 0.4) is 0 Å². The molecule has 0 aliphatic heterocycles. The lowest BCUT2D eigenvalue weighted by Crippen LogP contribution is -2.19. The first-order valence-electron chi connectivity index (χ1n) is 19.2. The average Bonchev–Trinajstić information content (AvgIpc) is 3.90. The third-order valence-corrected chi connectivity index (χ3v) is 11.5. The fourth-order valence-corrected chi connectivity index (χ4v) is 8.61. The van der Waals surface area contributed by atoms with E-state index < -0.39 is 0 Å². The molecule has 0 atom stereocenters. The van der Waals surface area contributed by atoms with Crippen molar-refractivity contribution in [3.63, 3.8) is 0 Å². The predicted molar refractivity (Wildman–Crippen MR) is 220 cm³/mol. The van der Waals surface area contributed by atoms with Crippen LogP contribution < -0.4 is 0 Å². The summed E-state index contributed by atoms with van der Waals surface area (Å²) in [7, 11) is 0. The lowest BCUT2D eigenvalue weighted by molar-refractivity contribution is 0.419. The quantitative estimate of drug-likeness (QED) is 0.156. The van der Waals surface area contributed by atoms with Gasteiger partial charge in [0.05, 0.1) is 0 Å². The number of benzene rings is 6. The van der Waals surface area contributed by atoms with E-state index in [1.807, 2.05) is 91.0 Å². The van der Waals surface area contributed by atoms with E-state index in [2.05, 4.69) is 72.8 Å². The van der Waals surface area contributed by atoms with Gasteiger partial charge in [-0.05, 0) is 66.2 Å².